The van der Waals surface area contributed by atoms with Crippen molar-refractivity contribution in [3.05, 3.63) is 60.8 Å². The lowest BCUT2D eigenvalue weighted by molar-refractivity contribution is -0.152. The highest BCUT2D eigenvalue weighted by atomic mass is 16.6. The van der Waals surface area contributed by atoms with Gasteiger partial charge in [-0.05, 0) is 50.9 Å². The highest BCUT2D eigenvalue weighted by Crippen LogP contribution is 2.13. The van der Waals surface area contributed by atoms with Crippen LogP contribution in [0.1, 0.15) is 136 Å². The van der Waals surface area contributed by atoms with Crippen LogP contribution in [0.2, 0.25) is 0 Å². The molecule has 0 fully saturated rings. The van der Waals surface area contributed by atoms with Crippen LogP contribution in [0, 0.1) is 5.92 Å². The number of carbonyl (C=O) groups excluding carboxylic acids is 2. The predicted octanol–water partition coefficient (Wildman–Crippen LogP) is 9.27. The van der Waals surface area contributed by atoms with E-state index in [0.29, 0.717) is 19.3 Å². The number of aliphatic hydroxyl groups is 2. The summed E-state index contributed by atoms with van der Waals surface area (Å²) in [5.41, 5.74) is 0. The van der Waals surface area contributed by atoms with E-state index in [4.69, 9.17) is 9.47 Å². The molecular weight excluding hydrogens is 552 g/mol. The number of esters is 2. The smallest absolute Gasteiger partial charge is 0.305 e. The van der Waals surface area contributed by atoms with Crippen molar-refractivity contribution in [1.82, 2.24) is 0 Å². The molecule has 0 saturated heterocycles. The van der Waals surface area contributed by atoms with Gasteiger partial charge in [0.05, 0.1) is 6.10 Å². The zero-order chi connectivity index (χ0) is 32.5. The summed E-state index contributed by atoms with van der Waals surface area (Å²) >= 11 is 0. The molecule has 0 rings (SSSR count). The van der Waals surface area contributed by atoms with Crippen molar-refractivity contribution in [2.45, 2.75) is 149 Å². The Morgan fingerprint density at radius 3 is 1.61 bits per heavy atom. The zero-order valence-electron chi connectivity index (χ0n) is 28.2. The van der Waals surface area contributed by atoms with Gasteiger partial charge in [0.1, 0.15) is 19.3 Å². The van der Waals surface area contributed by atoms with Gasteiger partial charge in [0.2, 0.25) is 0 Å². The van der Waals surface area contributed by atoms with Crippen molar-refractivity contribution in [2.75, 3.05) is 13.2 Å². The number of allylic oxidation sites excluding steroid dienone is 9. The molecule has 1 unspecified atom stereocenters. The van der Waals surface area contributed by atoms with Crippen LogP contribution in [-0.2, 0) is 19.1 Å². The van der Waals surface area contributed by atoms with Crippen molar-refractivity contribution < 1.29 is 29.3 Å². The molecule has 0 saturated carbocycles. The van der Waals surface area contributed by atoms with Gasteiger partial charge in [-0.2, -0.15) is 0 Å². The van der Waals surface area contributed by atoms with E-state index in [-0.39, 0.29) is 25.6 Å². The minimum Gasteiger partial charge on any atom is -0.463 e. The lowest BCUT2D eigenvalue weighted by Gasteiger charge is -2.12. The highest BCUT2D eigenvalue weighted by molar-refractivity contribution is 5.69. The Labute approximate surface area is 269 Å². The first kappa shape index (κ1) is 41.6. The van der Waals surface area contributed by atoms with E-state index >= 15 is 0 Å². The second kappa shape index (κ2) is 32.0. The van der Waals surface area contributed by atoms with Gasteiger partial charge >= 0.3 is 11.9 Å². The SMILES string of the molecule is CC/C=C\C/C=C\C/C=C\C/C=C\C=C\C(O)CCCC(=O)OC[C@@H](O)COC(=O)CCCCCCCCCCCC(C)C. The summed E-state index contributed by atoms with van der Waals surface area (Å²) in [5.74, 6) is 0.0368. The van der Waals surface area contributed by atoms with Gasteiger partial charge in [0.15, 0.2) is 0 Å². The zero-order valence-corrected chi connectivity index (χ0v) is 28.2. The molecule has 0 spiro atoms. The molecule has 0 aliphatic heterocycles. The number of hydrogen-bond donors (Lipinski definition) is 2. The first-order valence-electron chi connectivity index (χ1n) is 17.3. The summed E-state index contributed by atoms with van der Waals surface area (Å²) in [6, 6.07) is 0. The molecule has 0 aliphatic carbocycles. The Balaban J connectivity index is 3.70. The maximum atomic E-state index is 11.9. The van der Waals surface area contributed by atoms with Crippen LogP contribution in [-0.4, -0.2) is 47.6 Å². The minimum atomic E-state index is -1.04. The monoisotopic (exact) mass is 616 g/mol. The van der Waals surface area contributed by atoms with Gasteiger partial charge in [0, 0.05) is 12.8 Å². The molecule has 0 aromatic rings. The van der Waals surface area contributed by atoms with E-state index in [1.165, 1.54) is 44.9 Å². The van der Waals surface area contributed by atoms with Crippen LogP contribution >= 0.6 is 0 Å². The molecule has 0 heterocycles. The predicted molar refractivity (Wildman–Crippen MR) is 183 cm³/mol. The molecule has 44 heavy (non-hydrogen) atoms. The molecule has 0 aromatic carbocycles. The van der Waals surface area contributed by atoms with Crippen LogP contribution in [0.15, 0.2) is 60.8 Å². The third kappa shape index (κ3) is 32.5. The fourth-order valence-corrected chi connectivity index (χ4v) is 4.41. The number of ether oxygens (including phenoxy) is 2. The summed E-state index contributed by atoms with van der Waals surface area (Å²) in [6.07, 6.45) is 36.0. The van der Waals surface area contributed by atoms with Gasteiger partial charge in [-0.15, -0.1) is 0 Å². The van der Waals surface area contributed by atoms with E-state index < -0.39 is 18.2 Å². The van der Waals surface area contributed by atoms with Gasteiger partial charge in [0.25, 0.3) is 0 Å². The molecular formula is C38H64O6. The number of aliphatic hydroxyl groups excluding tert-OH is 2. The fraction of sp³-hybridized carbons (Fsp3) is 0.684. The van der Waals surface area contributed by atoms with Crippen molar-refractivity contribution >= 4 is 11.9 Å². The molecule has 2 N–H and O–H groups in total. The number of carbonyl (C=O) groups is 2. The summed E-state index contributed by atoms with van der Waals surface area (Å²) in [5, 5.41) is 20.0. The Morgan fingerprint density at radius 1 is 0.591 bits per heavy atom. The van der Waals surface area contributed by atoms with Crippen LogP contribution in [0.3, 0.4) is 0 Å². The van der Waals surface area contributed by atoms with Crippen LogP contribution in [0.5, 0.6) is 0 Å². The van der Waals surface area contributed by atoms with Gasteiger partial charge in [-0.1, -0.05) is 139 Å². The average Bonchev–Trinajstić information content (AvgIpc) is 2.99. The van der Waals surface area contributed by atoms with Gasteiger partial charge in [-0.25, -0.2) is 0 Å². The number of rotatable bonds is 29. The van der Waals surface area contributed by atoms with Crippen LogP contribution in [0.4, 0.5) is 0 Å². The molecule has 0 aliphatic rings. The molecule has 0 amide bonds. The summed E-state index contributed by atoms with van der Waals surface area (Å²) < 4.78 is 10.2. The molecule has 0 aromatic heterocycles. The highest BCUT2D eigenvalue weighted by Gasteiger charge is 2.12. The molecule has 6 heteroatoms. The largest absolute Gasteiger partial charge is 0.463 e. The Morgan fingerprint density at radius 2 is 1.07 bits per heavy atom. The Bertz CT molecular complexity index is 823. The normalized spacial score (nSPS) is 13.8. The lowest BCUT2D eigenvalue weighted by Crippen LogP contribution is -2.25. The lowest BCUT2D eigenvalue weighted by atomic mass is 10.0. The first-order valence-corrected chi connectivity index (χ1v) is 17.3. The molecule has 0 radical (unpaired) electrons. The van der Waals surface area contributed by atoms with Crippen LogP contribution in [0.25, 0.3) is 0 Å². The summed E-state index contributed by atoms with van der Waals surface area (Å²) in [4.78, 5) is 23.8. The van der Waals surface area contributed by atoms with Crippen LogP contribution < -0.4 is 0 Å². The van der Waals surface area contributed by atoms with E-state index in [2.05, 4.69) is 57.2 Å². The van der Waals surface area contributed by atoms with E-state index in [0.717, 1.165) is 50.9 Å². The molecule has 0 bridgehead atoms. The quantitative estimate of drug-likeness (QED) is 0.0377. The standard InChI is InChI=1S/C38H64O6/c1-4-5-6-7-8-9-10-11-12-15-18-21-24-28-35(39)29-26-31-38(42)44-33-36(40)32-43-37(41)30-25-22-19-16-13-14-17-20-23-27-34(2)3/h5-6,8-9,11-12,18,21,24,28,34-36,39-40H,4,7,10,13-17,19-20,22-23,25-27,29-33H2,1-3H3/b6-5-,9-8-,12-11-,21-18-,28-24+/t35?,36-/m0/s1. The minimum absolute atomic E-state index is 0.152. The van der Waals surface area contributed by atoms with E-state index in [1.807, 2.05) is 18.2 Å². The maximum absolute atomic E-state index is 11.9. The molecule has 2 atom stereocenters. The second-order valence-electron chi connectivity index (χ2n) is 11.9. The second-order valence-corrected chi connectivity index (χ2v) is 11.9. The Kier molecular flexibility index (Phi) is 30.2. The van der Waals surface area contributed by atoms with Crippen molar-refractivity contribution in [1.29, 1.82) is 0 Å². The van der Waals surface area contributed by atoms with Crippen molar-refractivity contribution in [2.24, 2.45) is 5.92 Å². The third-order valence-corrected chi connectivity index (χ3v) is 7.05. The maximum Gasteiger partial charge on any atom is 0.305 e. The van der Waals surface area contributed by atoms with E-state index in [1.54, 1.807) is 6.08 Å². The topological polar surface area (TPSA) is 93.1 Å². The van der Waals surface area contributed by atoms with Crippen molar-refractivity contribution in [3.63, 3.8) is 0 Å². The summed E-state index contributed by atoms with van der Waals surface area (Å²) in [7, 11) is 0. The molecule has 6 nitrogen and oxygen atoms in total. The van der Waals surface area contributed by atoms with Gasteiger partial charge in [-0.3, -0.25) is 9.59 Å². The average molecular weight is 617 g/mol. The number of hydrogen-bond acceptors (Lipinski definition) is 6. The fourth-order valence-electron chi connectivity index (χ4n) is 4.41. The summed E-state index contributed by atoms with van der Waals surface area (Å²) in [6.45, 7) is 6.30. The van der Waals surface area contributed by atoms with Crippen molar-refractivity contribution in [3.8, 4) is 0 Å². The van der Waals surface area contributed by atoms with E-state index in [9.17, 15) is 19.8 Å². The Hall–Kier alpha value is -2.44. The molecule has 252 valence electrons. The van der Waals surface area contributed by atoms with Gasteiger partial charge < -0.3 is 19.7 Å². The first-order chi connectivity index (χ1) is 21.3. The third-order valence-electron chi connectivity index (χ3n) is 7.05. The number of unbranched alkanes of at least 4 members (excludes halogenated alkanes) is 8.